The van der Waals surface area contributed by atoms with Gasteiger partial charge in [0.2, 0.25) is 0 Å². The zero-order valence-electron chi connectivity index (χ0n) is 9.92. The van der Waals surface area contributed by atoms with Crippen LogP contribution >= 0.6 is 12.2 Å². The van der Waals surface area contributed by atoms with E-state index in [1.54, 1.807) is 12.1 Å². The summed E-state index contributed by atoms with van der Waals surface area (Å²) < 4.78 is 0. The third kappa shape index (κ3) is 1.88. The van der Waals surface area contributed by atoms with Gasteiger partial charge in [-0.05, 0) is 18.6 Å². The van der Waals surface area contributed by atoms with E-state index in [4.69, 9.17) is 18.0 Å². The summed E-state index contributed by atoms with van der Waals surface area (Å²) in [5, 5.41) is 0. The van der Waals surface area contributed by atoms with E-state index in [2.05, 4.69) is 4.98 Å². The molecule has 1 aliphatic heterocycles. The molecule has 0 spiro atoms. The topological polar surface area (TPSA) is 76.3 Å². The van der Waals surface area contributed by atoms with Crippen molar-refractivity contribution < 1.29 is 9.59 Å². The Hall–Kier alpha value is -1.82. The molecule has 0 saturated heterocycles. The molecular formula is C12H13N3O2S. The molecule has 0 bridgehead atoms. The van der Waals surface area contributed by atoms with Crippen molar-refractivity contribution in [1.29, 1.82) is 0 Å². The van der Waals surface area contributed by atoms with Gasteiger partial charge in [-0.25, -0.2) is 0 Å². The molecule has 2 rings (SSSR count). The molecule has 1 aliphatic rings. The number of nitrogens with two attached hydrogens (primary N) is 1. The molecule has 5 nitrogen and oxygen atoms in total. The number of pyridine rings is 1. The molecular weight excluding hydrogens is 250 g/mol. The van der Waals surface area contributed by atoms with E-state index < -0.39 is 11.9 Å². The van der Waals surface area contributed by atoms with Crippen molar-refractivity contribution in [1.82, 2.24) is 9.88 Å². The molecule has 1 aromatic rings. The van der Waals surface area contributed by atoms with Crippen molar-refractivity contribution in [2.75, 3.05) is 0 Å². The molecule has 0 aromatic carbocycles. The van der Waals surface area contributed by atoms with Gasteiger partial charge in [0.15, 0.2) is 0 Å². The molecule has 1 unspecified atom stereocenters. The van der Waals surface area contributed by atoms with E-state index in [0.29, 0.717) is 12.0 Å². The Morgan fingerprint density at radius 1 is 1.50 bits per heavy atom. The Kier molecular flexibility index (Phi) is 3.38. The zero-order chi connectivity index (χ0) is 13.3. The number of hydrogen-bond acceptors (Lipinski definition) is 4. The Morgan fingerprint density at radius 2 is 2.22 bits per heavy atom. The molecule has 0 aliphatic carbocycles. The first-order valence-corrected chi connectivity index (χ1v) is 6.11. The summed E-state index contributed by atoms with van der Waals surface area (Å²) in [7, 11) is 0. The van der Waals surface area contributed by atoms with Crippen molar-refractivity contribution >= 4 is 29.0 Å². The molecule has 94 valence electrons. The predicted molar refractivity (Wildman–Crippen MR) is 70.2 cm³/mol. The van der Waals surface area contributed by atoms with Crippen LogP contribution in [0, 0.1) is 0 Å². The lowest BCUT2D eigenvalue weighted by Gasteiger charge is -2.24. The summed E-state index contributed by atoms with van der Waals surface area (Å²) in [6.07, 6.45) is 2.84. The van der Waals surface area contributed by atoms with Crippen molar-refractivity contribution in [2.45, 2.75) is 25.8 Å². The van der Waals surface area contributed by atoms with Crippen LogP contribution < -0.4 is 5.73 Å². The SMILES string of the molecule is CCCC(C(N)=S)N1C(=O)c2cccnc2C1=O. The number of aromatic nitrogens is 1. The van der Waals surface area contributed by atoms with Gasteiger partial charge in [-0.15, -0.1) is 0 Å². The second-order valence-electron chi connectivity index (χ2n) is 4.09. The van der Waals surface area contributed by atoms with Gasteiger partial charge in [0.25, 0.3) is 11.8 Å². The monoisotopic (exact) mass is 263 g/mol. The van der Waals surface area contributed by atoms with Crippen LogP contribution in [-0.2, 0) is 0 Å². The summed E-state index contributed by atoms with van der Waals surface area (Å²) in [6.45, 7) is 1.95. The molecule has 0 fully saturated rings. The van der Waals surface area contributed by atoms with Crippen LogP contribution in [0.15, 0.2) is 18.3 Å². The molecule has 2 amide bonds. The number of carbonyl (C=O) groups is 2. The molecule has 18 heavy (non-hydrogen) atoms. The molecule has 2 N–H and O–H groups in total. The van der Waals surface area contributed by atoms with Crippen LogP contribution in [0.1, 0.15) is 40.6 Å². The Morgan fingerprint density at radius 3 is 2.78 bits per heavy atom. The fraction of sp³-hybridized carbons (Fsp3) is 0.333. The zero-order valence-corrected chi connectivity index (χ0v) is 10.7. The Labute approximate surface area is 110 Å². The number of imide groups is 1. The molecule has 0 radical (unpaired) electrons. The van der Waals surface area contributed by atoms with Crippen molar-refractivity contribution in [3.63, 3.8) is 0 Å². The average Bonchev–Trinajstić information content (AvgIpc) is 2.60. The fourth-order valence-electron chi connectivity index (χ4n) is 2.04. The maximum atomic E-state index is 12.2. The van der Waals surface area contributed by atoms with Gasteiger partial charge >= 0.3 is 0 Å². The summed E-state index contributed by atoms with van der Waals surface area (Å²) in [5.41, 5.74) is 6.13. The van der Waals surface area contributed by atoms with Gasteiger partial charge in [0, 0.05) is 6.20 Å². The number of thiocarbonyl (C=S) groups is 1. The smallest absolute Gasteiger partial charge is 0.280 e. The molecule has 6 heteroatoms. The van der Waals surface area contributed by atoms with E-state index in [-0.39, 0.29) is 16.6 Å². The average molecular weight is 263 g/mol. The molecule has 0 saturated carbocycles. The van der Waals surface area contributed by atoms with Gasteiger partial charge in [0.05, 0.1) is 16.6 Å². The van der Waals surface area contributed by atoms with Gasteiger partial charge in [-0.2, -0.15) is 0 Å². The van der Waals surface area contributed by atoms with Gasteiger partial charge < -0.3 is 5.73 Å². The third-order valence-electron chi connectivity index (χ3n) is 2.88. The highest BCUT2D eigenvalue weighted by atomic mass is 32.1. The van der Waals surface area contributed by atoms with Gasteiger partial charge in [-0.1, -0.05) is 25.6 Å². The standard InChI is InChI=1S/C12H13N3O2S/c1-2-4-8(10(13)18)15-11(16)7-5-3-6-14-9(7)12(15)17/h3,5-6,8H,2,4H2,1H3,(H2,13,18). The van der Waals surface area contributed by atoms with E-state index in [9.17, 15) is 9.59 Å². The number of nitrogens with zero attached hydrogens (tertiary/aromatic N) is 2. The second-order valence-corrected chi connectivity index (χ2v) is 4.56. The Balaban J connectivity index is 2.41. The highest BCUT2D eigenvalue weighted by Crippen LogP contribution is 2.24. The number of amides is 2. The first-order valence-electron chi connectivity index (χ1n) is 5.70. The lowest BCUT2D eigenvalue weighted by molar-refractivity contribution is 0.0619. The summed E-state index contributed by atoms with van der Waals surface area (Å²) in [4.78, 5) is 29.6. The minimum absolute atomic E-state index is 0.159. The Bertz CT molecular complexity index is 495. The van der Waals surface area contributed by atoms with E-state index >= 15 is 0 Å². The van der Waals surface area contributed by atoms with Crippen LogP contribution in [0.2, 0.25) is 0 Å². The highest BCUT2D eigenvalue weighted by molar-refractivity contribution is 7.80. The number of fused-ring (bicyclic) bond motifs is 1. The highest BCUT2D eigenvalue weighted by Gasteiger charge is 2.41. The number of carbonyl (C=O) groups excluding carboxylic acids is 2. The molecule has 2 heterocycles. The van der Waals surface area contributed by atoms with E-state index in [1.807, 2.05) is 6.92 Å². The van der Waals surface area contributed by atoms with E-state index in [1.165, 1.54) is 6.20 Å². The van der Waals surface area contributed by atoms with Crippen molar-refractivity contribution in [2.24, 2.45) is 5.73 Å². The van der Waals surface area contributed by atoms with Gasteiger partial charge in [0.1, 0.15) is 5.69 Å². The third-order valence-corrected chi connectivity index (χ3v) is 3.15. The van der Waals surface area contributed by atoms with Crippen LogP contribution in [0.25, 0.3) is 0 Å². The molecule has 1 aromatic heterocycles. The fourth-order valence-corrected chi connectivity index (χ4v) is 2.26. The predicted octanol–water partition coefficient (Wildman–Crippen LogP) is 1.13. The maximum Gasteiger partial charge on any atom is 0.280 e. The number of rotatable bonds is 4. The van der Waals surface area contributed by atoms with Crippen LogP contribution in [0.5, 0.6) is 0 Å². The summed E-state index contributed by atoms with van der Waals surface area (Å²) >= 11 is 4.95. The quantitative estimate of drug-likeness (QED) is 0.651. The second kappa shape index (κ2) is 4.81. The minimum Gasteiger partial charge on any atom is -0.392 e. The number of hydrogen-bond donors (Lipinski definition) is 1. The largest absolute Gasteiger partial charge is 0.392 e. The molecule has 1 atom stereocenters. The first kappa shape index (κ1) is 12.6. The maximum absolute atomic E-state index is 12.2. The minimum atomic E-state index is -0.529. The lowest BCUT2D eigenvalue weighted by atomic mass is 10.1. The van der Waals surface area contributed by atoms with Crippen LogP contribution in [0.4, 0.5) is 0 Å². The van der Waals surface area contributed by atoms with Crippen molar-refractivity contribution in [3.8, 4) is 0 Å². The lowest BCUT2D eigenvalue weighted by Crippen LogP contribution is -2.47. The first-order chi connectivity index (χ1) is 8.57. The summed E-state index contributed by atoms with van der Waals surface area (Å²) in [6, 6.07) is 2.69. The summed E-state index contributed by atoms with van der Waals surface area (Å²) in [5.74, 6) is -0.781. The van der Waals surface area contributed by atoms with Crippen LogP contribution in [-0.4, -0.2) is 32.7 Å². The normalized spacial score (nSPS) is 15.7. The van der Waals surface area contributed by atoms with Gasteiger partial charge in [-0.3, -0.25) is 19.5 Å². The van der Waals surface area contributed by atoms with E-state index in [0.717, 1.165) is 11.3 Å². The van der Waals surface area contributed by atoms with Crippen molar-refractivity contribution in [3.05, 3.63) is 29.6 Å². The van der Waals surface area contributed by atoms with Crippen LogP contribution in [0.3, 0.4) is 0 Å².